The van der Waals surface area contributed by atoms with E-state index >= 15 is 0 Å². The Labute approximate surface area is 105 Å². The molecule has 0 atom stereocenters. The van der Waals surface area contributed by atoms with Gasteiger partial charge < -0.3 is 4.57 Å². The number of hydrogen-bond acceptors (Lipinski definition) is 2. The molecule has 0 aliphatic heterocycles. The maximum Gasteiger partial charge on any atom is 0.101 e. The Morgan fingerprint density at radius 3 is 2.83 bits per heavy atom. The molecule has 0 aliphatic rings. The third-order valence-electron chi connectivity index (χ3n) is 2.98. The number of benzene rings is 1. The molecule has 3 nitrogen and oxygen atoms in total. The predicted octanol–water partition coefficient (Wildman–Crippen LogP) is 2.96. The average Bonchev–Trinajstić information content (AvgIpc) is 2.78. The summed E-state index contributed by atoms with van der Waals surface area (Å²) in [7, 11) is 0. The normalized spacial score (nSPS) is 10.4. The molecule has 1 aromatic carbocycles. The van der Waals surface area contributed by atoms with Crippen LogP contribution in [0.15, 0.2) is 55.0 Å². The quantitative estimate of drug-likeness (QED) is 0.682. The van der Waals surface area contributed by atoms with Gasteiger partial charge in [0.25, 0.3) is 0 Å². The van der Waals surface area contributed by atoms with Crippen LogP contribution in [-0.4, -0.2) is 9.55 Å². The number of aromatic nitrogens is 2. The highest BCUT2D eigenvalue weighted by atomic mass is 15.0. The van der Waals surface area contributed by atoms with Crippen molar-refractivity contribution in [2.75, 3.05) is 0 Å². The van der Waals surface area contributed by atoms with Crippen molar-refractivity contribution in [1.82, 2.24) is 9.55 Å². The fourth-order valence-electron chi connectivity index (χ4n) is 2.16. The van der Waals surface area contributed by atoms with Gasteiger partial charge in [0, 0.05) is 36.0 Å². The first-order valence-electron chi connectivity index (χ1n) is 5.75. The molecule has 0 fully saturated rings. The van der Waals surface area contributed by atoms with Crippen LogP contribution in [0.3, 0.4) is 0 Å². The molecule has 18 heavy (non-hydrogen) atoms. The second-order valence-corrected chi connectivity index (χ2v) is 4.16. The minimum atomic E-state index is 0.717. The zero-order valence-electron chi connectivity index (χ0n) is 9.74. The first kappa shape index (κ1) is 10.5. The Morgan fingerprint density at radius 2 is 2.06 bits per heavy atom. The van der Waals surface area contributed by atoms with Crippen LogP contribution < -0.4 is 0 Å². The predicted molar refractivity (Wildman–Crippen MR) is 70.0 cm³/mol. The lowest BCUT2D eigenvalue weighted by Gasteiger charge is -2.04. The number of hydrogen-bond donors (Lipinski definition) is 0. The summed E-state index contributed by atoms with van der Waals surface area (Å²) in [5.74, 6) is 0. The van der Waals surface area contributed by atoms with E-state index in [9.17, 15) is 0 Å². The van der Waals surface area contributed by atoms with Gasteiger partial charge in [-0.05, 0) is 17.7 Å². The van der Waals surface area contributed by atoms with E-state index in [-0.39, 0.29) is 0 Å². The molecule has 0 saturated carbocycles. The Bertz CT molecular complexity index is 720. The van der Waals surface area contributed by atoms with E-state index in [1.165, 1.54) is 0 Å². The van der Waals surface area contributed by atoms with E-state index < -0.39 is 0 Å². The summed E-state index contributed by atoms with van der Waals surface area (Å²) in [6.45, 7) is 0.732. The molecule has 0 bridgehead atoms. The summed E-state index contributed by atoms with van der Waals surface area (Å²) >= 11 is 0. The maximum atomic E-state index is 9.14. The van der Waals surface area contributed by atoms with Crippen molar-refractivity contribution in [2.45, 2.75) is 6.54 Å². The van der Waals surface area contributed by atoms with Gasteiger partial charge >= 0.3 is 0 Å². The molecule has 0 unspecified atom stereocenters. The third-order valence-corrected chi connectivity index (χ3v) is 2.98. The Balaban J connectivity index is 2.11. The van der Waals surface area contributed by atoms with Gasteiger partial charge in [-0.1, -0.05) is 24.3 Å². The molecule has 2 heterocycles. The van der Waals surface area contributed by atoms with E-state index in [2.05, 4.69) is 15.6 Å². The number of nitrogens with zero attached hydrogens (tertiary/aromatic N) is 3. The molecule has 0 amide bonds. The zero-order chi connectivity index (χ0) is 12.4. The van der Waals surface area contributed by atoms with Crippen LogP contribution in [0.1, 0.15) is 11.1 Å². The fraction of sp³-hybridized carbons (Fsp3) is 0.0667. The van der Waals surface area contributed by atoms with Crippen LogP contribution in [0.4, 0.5) is 0 Å². The van der Waals surface area contributed by atoms with Crippen LogP contribution in [0.5, 0.6) is 0 Å². The molecule has 3 aromatic rings. The van der Waals surface area contributed by atoms with Crippen LogP contribution >= 0.6 is 0 Å². The van der Waals surface area contributed by atoms with Gasteiger partial charge in [-0.25, -0.2) is 0 Å². The largest absolute Gasteiger partial charge is 0.342 e. The van der Waals surface area contributed by atoms with Crippen molar-refractivity contribution < 1.29 is 0 Å². The van der Waals surface area contributed by atoms with Crippen LogP contribution in [0.2, 0.25) is 0 Å². The second kappa shape index (κ2) is 4.34. The number of pyridine rings is 1. The van der Waals surface area contributed by atoms with Crippen molar-refractivity contribution in [1.29, 1.82) is 5.26 Å². The molecule has 0 radical (unpaired) electrons. The van der Waals surface area contributed by atoms with Gasteiger partial charge in [-0.15, -0.1) is 0 Å². The van der Waals surface area contributed by atoms with E-state index in [0.717, 1.165) is 28.6 Å². The smallest absolute Gasteiger partial charge is 0.101 e. The monoisotopic (exact) mass is 233 g/mol. The molecule has 0 aliphatic carbocycles. The van der Waals surface area contributed by atoms with E-state index in [1.54, 1.807) is 6.20 Å². The van der Waals surface area contributed by atoms with E-state index in [0.29, 0.717) is 0 Å². The van der Waals surface area contributed by atoms with Gasteiger partial charge in [0.1, 0.15) is 6.07 Å². The number of rotatable bonds is 2. The highest BCUT2D eigenvalue weighted by molar-refractivity contribution is 5.86. The summed E-state index contributed by atoms with van der Waals surface area (Å²) < 4.78 is 2.09. The number of fused-ring (bicyclic) bond motifs is 1. The summed E-state index contributed by atoms with van der Waals surface area (Å²) in [6.07, 6.45) is 5.51. The van der Waals surface area contributed by atoms with Crippen molar-refractivity contribution >= 4 is 10.9 Å². The molecule has 3 rings (SSSR count). The molecule has 2 aromatic heterocycles. The zero-order valence-corrected chi connectivity index (χ0v) is 9.74. The van der Waals surface area contributed by atoms with Gasteiger partial charge in [-0.2, -0.15) is 5.26 Å². The lowest BCUT2D eigenvalue weighted by atomic mass is 10.2. The van der Waals surface area contributed by atoms with Crippen LogP contribution in [0.25, 0.3) is 10.9 Å². The van der Waals surface area contributed by atoms with Crippen LogP contribution in [-0.2, 0) is 6.54 Å². The standard InChI is InChI=1S/C15H11N3/c16-8-13-11-18(10-12-4-3-7-17-9-12)15-6-2-1-5-14(13)15/h1-7,9,11H,10H2. The highest BCUT2D eigenvalue weighted by Crippen LogP contribution is 2.21. The fourth-order valence-corrected chi connectivity index (χ4v) is 2.16. The number of para-hydroxylation sites is 1. The van der Waals surface area contributed by atoms with Crippen molar-refractivity contribution in [3.8, 4) is 6.07 Å². The molecule has 0 spiro atoms. The summed E-state index contributed by atoms with van der Waals surface area (Å²) in [5, 5.41) is 10.1. The Morgan fingerprint density at radius 1 is 1.17 bits per heavy atom. The third kappa shape index (κ3) is 1.74. The minimum Gasteiger partial charge on any atom is -0.342 e. The molecule has 86 valence electrons. The summed E-state index contributed by atoms with van der Waals surface area (Å²) in [4.78, 5) is 4.11. The van der Waals surface area contributed by atoms with Gasteiger partial charge in [0.2, 0.25) is 0 Å². The first-order valence-corrected chi connectivity index (χ1v) is 5.75. The summed E-state index contributed by atoms with van der Waals surface area (Å²) in [6, 6.07) is 14.2. The van der Waals surface area contributed by atoms with Crippen molar-refractivity contribution in [3.63, 3.8) is 0 Å². The second-order valence-electron chi connectivity index (χ2n) is 4.16. The highest BCUT2D eigenvalue weighted by Gasteiger charge is 2.07. The van der Waals surface area contributed by atoms with Crippen LogP contribution in [0, 0.1) is 11.3 Å². The average molecular weight is 233 g/mol. The van der Waals surface area contributed by atoms with Gasteiger partial charge in [0.15, 0.2) is 0 Å². The molecule has 0 saturated heterocycles. The SMILES string of the molecule is N#Cc1cn(Cc2cccnc2)c2ccccc12. The Kier molecular flexibility index (Phi) is 2.54. The number of nitriles is 1. The molecule has 3 heteroatoms. The van der Waals surface area contributed by atoms with E-state index in [1.807, 2.05) is 48.8 Å². The lowest BCUT2D eigenvalue weighted by Crippen LogP contribution is -1.97. The summed E-state index contributed by atoms with van der Waals surface area (Å²) in [5.41, 5.74) is 2.93. The lowest BCUT2D eigenvalue weighted by molar-refractivity contribution is 0.830. The topological polar surface area (TPSA) is 41.6 Å². The first-order chi connectivity index (χ1) is 8.88. The maximum absolute atomic E-state index is 9.14. The van der Waals surface area contributed by atoms with Gasteiger partial charge in [-0.3, -0.25) is 4.98 Å². The molecule has 0 N–H and O–H groups in total. The van der Waals surface area contributed by atoms with E-state index in [4.69, 9.17) is 5.26 Å². The van der Waals surface area contributed by atoms with Gasteiger partial charge in [0.05, 0.1) is 5.56 Å². The molecular formula is C15H11N3. The Hall–Kier alpha value is -2.60. The van der Waals surface area contributed by atoms with Crippen molar-refractivity contribution in [3.05, 3.63) is 66.1 Å². The minimum absolute atomic E-state index is 0.717. The van der Waals surface area contributed by atoms with Crippen molar-refractivity contribution in [2.24, 2.45) is 0 Å². The molecular weight excluding hydrogens is 222 g/mol.